The molecule has 1 atom stereocenters. The quantitative estimate of drug-likeness (QED) is 0.394. The number of fused-ring (bicyclic) bond motifs is 3. The van der Waals surface area contributed by atoms with Crippen molar-refractivity contribution in [3.8, 4) is 5.75 Å². The standard InChI is InChI=1S/C23H27N3O2S2/c1-13(2)21-25-22(20-15-10-9-14(3)11-18(15)30-23(20)26-21)29-12-19(27)24-16-7-5-6-8-17(16)28-4/h5-8,13-14H,9-12H2,1-4H3,(H,24,27). The highest BCUT2D eigenvalue weighted by atomic mass is 32.2. The predicted molar refractivity (Wildman–Crippen MR) is 125 cm³/mol. The first-order valence-corrected chi connectivity index (χ1v) is 12.1. The largest absolute Gasteiger partial charge is 0.495 e. The van der Waals surface area contributed by atoms with Gasteiger partial charge in [-0.05, 0) is 42.9 Å². The zero-order valence-corrected chi connectivity index (χ0v) is 19.5. The summed E-state index contributed by atoms with van der Waals surface area (Å²) in [6, 6.07) is 7.45. The average molecular weight is 442 g/mol. The smallest absolute Gasteiger partial charge is 0.234 e. The fraction of sp³-hybridized carbons (Fsp3) is 0.435. The Morgan fingerprint density at radius 3 is 2.90 bits per heavy atom. The number of carbonyl (C=O) groups is 1. The summed E-state index contributed by atoms with van der Waals surface area (Å²) in [7, 11) is 1.60. The van der Waals surface area contributed by atoms with Gasteiger partial charge in [-0.25, -0.2) is 9.97 Å². The van der Waals surface area contributed by atoms with Crippen molar-refractivity contribution >= 4 is 44.9 Å². The number of anilines is 1. The molecule has 0 spiro atoms. The van der Waals surface area contributed by atoms with E-state index in [2.05, 4.69) is 26.1 Å². The van der Waals surface area contributed by atoms with Gasteiger partial charge in [-0.1, -0.05) is 44.7 Å². The van der Waals surface area contributed by atoms with Crippen molar-refractivity contribution in [2.24, 2.45) is 5.92 Å². The van der Waals surface area contributed by atoms with Crippen molar-refractivity contribution in [2.45, 2.75) is 51.0 Å². The van der Waals surface area contributed by atoms with Crippen LogP contribution in [0.1, 0.15) is 49.4 Å². The van der Waals surface area contributed by atoms with Gasteiger partial charge in [-0.3, -0.25) is 4.79 Å². The molecule has 0 radical (unpaired) electrons. The molecule has 1 aliphatic carbocycles. The Balaban J connectivity index is 1.60. The molecule has 30 heavy (non-hydrogen) atoms. The van der Waals surface area contributed by atoms with Crippen LogP contribution in [0.5, 0.6) is 5.75 Å². The number of nitrogens with zero attached hydrogens (tertiary/aromatic N) is 2. The maximum absolute atomic E-state index is 12.7. The molecule has 0 saturated carbocycles. The molecule has 7 heteroatoms. The topological polar surface area (TPSA) is 64.1 Å². The summed E-state index contributed by atoms with van der Waals surface area (Å²) in [4.78, 5) is 24.9. The van der Waals surface area contributed by atoms with Crippen LogP contribution in [0.3, 0.4) is 0 Å². The van der Waals surface area contributed by atoms with Crippen LogP contribution < -0.4 is 10.1 Å². The normalized spacial score (nSPS) is 16.0. The minimum absolute atomic E-state index is 0.0694. The van der Waals surface area contributed by atoms with E-state index in [0.29, 0.717) is 23.1 Å². The zero-order valence-electron chi connectivity index (χ0n) is 17.8. The lowest BCUT2D eigenvalue weighted by Crippen LogP contribution is -2.15. The number of thioether (sulfide) groups is 1. The van der Waals surface area contributed by atoms with Gasteiger partial charge in [0, 0.05) is 16.2 Å². The second-order valence-corrected chi connectivity index (χ2v) is 10.2. The molecule has 5 nitrogen and oxygen atoms in total. The van der Waals surface area contributed by atoms with Gasteiger partial charge >= 0.3 is 0 Å². The summed E-state index contributed by atoms with van der Waals surface area (Å²) in [5.41, 5.74) is 2.08. The lowest BCUT2D eigenvalue weighted by molar-refractivity contribution is -0.113. The molecule has 3 aromatic rings. The van der Waals surface area contributed by atoms with E-state index in [1.54, 1.807) is 7.11 Å². The minimum Gasteiger partial charge on any atom is -0.495 e. The number of benzene rings is 1. The van der Waals surface area contributed by atoms with Gasteiger partial charge < -0.3 is 10.1 Å². The van der Waals surface area contributed by atoms with Crippen LogP contribution in [-0.2, 0) is 17.6 Å². The predicted octanol–water partition coefficient (Wildman–Crippen LogP) is 5.68. The Bertz CT molecular complexity index is 1080. The first-order chi connectivity index (χ1) is 14.5. The van der Waals surface area contributed by atoms with Crippen LogP contribution in [0.4, 0.5) is 5.69 Å². The number of hydrogen-bond acceptors (Lipinski definition) is 6. The first-order valence-electron chi connectivity index (χ1n) is 10.3. The van der Waals surface area contributed by atoms with Crippen molar-refractivity contribution in [3.63, 3.8) is 0 Å². The van der Waals surface area contributed by atoms with E-state index in [0.717, 1.165) is 28.5 Å². The van der Waals surface area contributed by atoms with E-state index in [9.17, 15) is 4.79 Å². The van der Waals surface area contributed by atoms with E-state index in [4.69, 9.17) is 14.7 Å². The SMILES string of the molecule is COc1ccccc1NC(=O)CSc1nc(C(C)C)nc2sc3c(c12)CCC(C)C3. The molecule has 2 heterocycles. The second kappa shape index (κ2) is 8.94. The average Bonchev–Trinajstić information content (AvgIpc) is 3.09. The molecule has 4 rings (SSSR count). The van der Waals surface area contributed by atoms with Gasteiger partial charge in [0.25, 0.3) is 0 Å². The number of methoxy groups -OCH3 is 1. The van der Waals surface area contributed by atoms with Crippen LogP contribution in [0.25, 0.3) is 10.2 Å². The molecular formula is C23H27N3O2S2. The van der Waals surface area contributed by atoms with Crippen LogP contribution in [0, 0.1) is 5.92 Å². The summed E-state index contributed by atoms with van der Waals surface area (Å²) in [5, 5.41) is 5.06. The number of nitrogens with one attached hydrogen (secondary N) is 1. The molecule has 1 unspecified atom stereocenters. The van der Waals surface area contributed by atoms with Gasteiger partial charge in [-0.15, -0.1) is 11.3 Å². The number of rotatable bonds is 6. The Morgan fingerprint density at radius 2 is 2.13 bits per heavy atom. The Hall–Kier alpha value is -2.12. The third kappa shape index (κ3) is 4.32. The number of carbonyl (C=O) groups excluding carboxylic acids is 1. The van der Waals surface area contributed by atoms with E-state index in [1.807, 2.05) is 35.6 Å². The summed E-state index contributed by atoms with van der Waals surface area (Å²) in [6.45, 7) is 6.54. The highest BCUT2D eigenvalue weighted by Gasteiger charge is 2.25. The van der Waals surface area contributed by atoms with Crippen LogP contribution >= 0.6 is 23.1 Å². The van der Waals surface area contributed by atoms with E-state index in [1.165, 1.54) is 34.0 Å². The van der Waals surface area contributed by atoms with E-state index < -0.39 is 0 Å². The summed E-state index contributed by atoms with van der Waals surface area (Å²) >= 11 is 3.31. The fourth-order valence-corrected chi connectivity index (χ4v) is 6.07. The lowest BCUT2D eigenvalue weighted by atomic mass is 9.89. The van der Waals surface area contributed by atoms with E-state index in [-0.39, 0.29) is 11.8 Å². The molecule has 1 aliphatic rings. The maximum Gasteiger partial charge on any atom is 0.234 e. The Morgan fingerprint density at radius 1 is 1.33 bits per heavy atom. The number of aryl methyl sites for hydroxylation is 1. The highest BCUT2D eigenvalue weighted by molar-refractivity contribution is 8.00. The van der Waals surface area contributed by atoms with Crippen molar-refractivity contribution < 1.29 is 9.53 Å². The number of amides is 1. The van der Waals surface area contributed by atoms with Gasteiger partial charge in [0.2, 0.25) is 5.91 Å². The molecule has 0 bridgehead atoms. The number of hydrogen-bond donors (Lipinski definition) is 1. The zero-order chi connectivity index (χ0) is 21.3. The Kier molecular flexibility index (Phi) is 6.29. The van der Waals surface area contributed by atoms with Gasteiger partial charge in [-0.2, -0.15) is 0 Å². The first kappa shape index (κ1) is 21.1. The molecular weight excluding hydrogens is 414 g/mol. The second-order valence-electron chi connectivity index (χ2n) is 8.11. The minimum atomic E-state index is -0.0694. The highest BCUT2D eigenvalue weighted by Crippen LogP contribution is 2.41. The van der Waals surface area contributed by atoms with E-state index >= 15 is 0 Å². The van der Waals surface area contributed by atoms with Gasteiger partial charge in [0.05, 0.1) is 18.6 Å². The lowest BCUT2D eigenvalue weighted by Gasteiger charge is -2.18. The number of para-hydroxylation sites is 2. The Labute approximate surface area is 185 Å². The third-order valence-corrected chi connectivity index (χ3v) is 7.50. The molecule has 1 N–H and O–H groups in total. The van der Waals surface area contributed by atoms with Gasteiger partial charge in [0.1, 0.15) is 21.4 Å². The van der Waals surface area contributed by atoms with Crippen LogP contribution in [0.15, 0.2) is 29.3 Å². The van der Waals surface area contributed by atoms with Crippen molar-refractivity contribution in [2.75, 3.05) is 18.2 Å². The van der Waals surface area contributed by atoms with Crippen LogP contribution in [-0.4, -0.2) is 28.7 Å². The van der Waals surface area contributed by atoms with Crippen molar-refractivity contribution in [1.82, 2.24) is 9.97 Å². The molecule has 1 amide bonds. The number of aromatic nitrogens is 2. The fourth-order valence-electron chi connectivity index (χ4n) is 3.76. The summed E-state index contributed by atoms with van der Waals surface area (Å²) in [6.07, 6.45) is 3.39. The molecule has 0 aliphatic heterocycles. The molecule has 2 aromatic heterocycles. The monoisotopic (exact) mass is 441 g/mol. The van der Waals surface area contributed by atoms with Crippen molar-refractivity contribution in [3.05, 3.63) is 40.5 Å². The number of thiophene rings is 1. The van der Waals surface area contributed by atoms with Crippen LogP contribution in [0.2, 0.25) is 0 Å². The maximum atomic E-state index is 12.7. The van der Waals surface area contributed by atoms with Crippen molar-refractivity contribution in [1.29, 1.82) is 0 Å². The molecule has 158 valence electrons. The van der Waals surface area contributed by atoms with Gasteiger partial charge in [0.15, 0.2) is 0 Å². The molecule has 0 saturated heterocycles. The summed E-state index contributed by atoms with van der Waals surface area (Å²) in [5.74, 6) is 2.69. The third-order valence-electron chi connectivity index (χ3n) is 5.38. The molecule has 0 fully saturated rings. The number of ether oxygens (including phenoxy) is 1. The summed E-state index contributed by atoms with van der Waals surface area (Å²) < 4.78 is 5.33. The molecule has 1 aromatic carbocycles.